The van der Waals surface area contributed by atoms with Crippen LogP contribution < -0.4 is 5.32 Å². The fourth-order valence-corrected chi connectivity index (χ4v) is 4.42. The summed E-state index contributed by atoms with van der Waals surface area (Å²) in [5.74, 6) is 0.0337. The first-order valence-corrected chi connectivity index (χ1v) is 9.85. The number of hydrogen-bond donors (Lipinski definition) is 1. The zero-order valence-corrected chi connectivity index (χ0v) is 15.8. The van der Waals surface area contributed by atoms with Gasteiger partial charge in [0, 0.05) is 25.1 Å². The number of carbonyl (C=O) groups is 2. The molecular formula is C23H26N2O2. The quantitative estimate of drug-likeness (QED) is 0.890. The Kier molecular flexibility index (Phi) is 4.97. The molecule has 0 saturated carbocycles. The van der Waals surface area contributed by atoms with E-state index < -0.39 is 0 Å². The van der Waals surface area contributed by atoms with Crippen LogP contribution in [-0.2, 0) is 22.4 Å². The van der Waals surface area contributed by atoms with Crippen LogP contribution in [0.15, 0.2) is 48.5 Å². The minimum Gasteiger partial charge on any atom is -0.339 e. The van der Waals surface area contributed by atoms with Crippen molar-refractivity contribution in [3.8, 4) is 0 Å². The maximum atomic E-state index is 12.8. The van der Waals surface area contributed by atoms with Gasteiger partial charge < -0.3 is 10.2 Å². The van der Waals surface area contributed by atoms with Gasteiger partial charge in [-0.25, -0.2) is 0 Å². The third kappa shape index (κ3) is 3.61. The number of benzene rings is 2. The van der Waals surface area contributed by atoms with E-state index in [0.717, 1.165) is 30.5 Å². The Morgan fingerprint density at radius 1 is 1.11 bits per heavy atom. The normalized spacial score (nSPS) is 21.0. The maximum absolute atomic E-state index is 12.8. The molecule has 27 heavy (non-hydrogen) atoms. The largest absolute Gasteiger partial charge is 0.339 e. The van der Waals surface area contributed by atoms with Crippen molar-refractivity contribution >= 4 is 17.5 Å². The van der Waals surface area contributed by atoms with Gasteiger partial charge in [0.2, 0.25) is 11.8 Å². The van der Waals surface area contributed by atoms with Crippen LogP contribution in [0.2, 0.25) is 0 Å². The monoisotopic (exact) mass is 362 g/mol. The molecule has 0 unspecified atom stereocenters. The van der Waals surface area contributed by atoms with Crippen LogP contribution in [0.4, 0.5) is 5.69 Å². The van der Waals surface area contributed by atoms with E-state index in [9.17, 15) is 9.59 Å². The standard InChI is InChI=1S/C23H26N2O2/c1-25(21-12-6-9-16-7-2-4-10-19(16)21)22(26)14-13-18-15-17-8-3-5-11-20(17)24-23(18)27/h2-5,7-8,10-11,18,21H,6,9,12-15H2,1H3,(H,24,27)/t18-,21+/m0/s1. The molecular weight excluding hydrogens is 336 g/mol. The minimum atomic E-state index is -0.129. The van der Waals surface area contributed by atoms with Crippen molar-refractivity contribution in [3.63, 3.8) is 0 Å². The Balaban J connectivity index is 1.39. The lowest BCUT2D eigenvalue weighted by Crippen LogP contribution is -2.35. The van der Waals surface area contributed by atoms with Gasteiger partial charge in [-0.2, -0.15) is 0 Å². The fraction of sp³-hybridized carbons (Fsp3) is 0.391. The van der Waals surface area contributed by atoms with Gasteiger partial charge in [0.25, 0.3) is 0 Å². The first-order valence-electron chi connectivity index (χ1n) is 9.85. The summed E-state index contributed by atoms with van der Waals surface area (Å²) in [6.45, 7) is 0. The summed E-state index contributed by atoms with van der Waals surface area (Å²) in [7, 11) is 1.91. The summed E-state index contributed by atoms with van der Waals surface area (Å²) < 4.78 is 0. The fourth-order valence-electron chi connectivity index (χ4n) is 4.42. The zero-order valence-electron chi connectivity index (χ0n) is 15.8. The third-order valence-corrected chi connectivity index (χ3v) is 6.02. The number of anilines is 1. The Bertz CT molecular complexity index is 861. The molecule has 0 aromatic heterocycles. The van der Waals surface area contributed by atoms with Crippen LogP contribution in [0.5, 0.6) is 0 Å². The Labute approximate surface area is 160 Å². The van der Waals surface area contributed by atoms with Crippen molar-refractivity contribution in [2.45, 2.75) is 44.6 Å². The Morgan fingerprint density at radius 3 is 2.70 bits per heavy atom. The van der Waals surface area contributed by atoms with Crippen LogP contribution >= 0.6 is 0 Å². The molecule has 2 aromatic rings. The van der Waals surface area contributed by atoms with E-state index in [0.29, 0.717) is 19.3 Å². The number of para-hydroxylation sites is 1. The van der Waals surface area contributed by atoms with Crippen molar-refractivity contribution < 1.29 is 9.59 Å². The topological polar surface area (TPSA) is 49.4 Å². The van der Waals surface area contributed by atoms with Crippen LogP contribution in [0.3, 0.4) is 0 Å². The summed E-state index contributed by atoms with van der Waals surface area (Å²) in [4.78, 5) is 27.1. The molecule has 0 radical (unpaired) electrons. The van der Waals surface area contributed by atoms with Gasteiger partial charge in [0.05, 0.1) is 6.04 Å². The van der Waals surface area contributed by atoms with Crippen molar-refractivity contribution in [2.75, 3.05) is 12.4 Å². The SMILES string of the molecule is CN(C(=O)CC[C@H]1Cc2ccccc2NC1=O)[C@@H]1CCCc2ccccc21. The van der Waals surface area contributed by atoms with E-state index in [1.54, 1.807) is 0 Å². The predicted molar refractivity (Wildman–Crippen MR) is 106 cm³/mol. The molecule has 1 N–H and O–H groups in total. The van der Waals surface area contributed by atoms with E-state index in [-0.39, 0.29) is 23.8 Å². The molecule has 0 spiro atoms. The summed E-state index contributed by atoms with van der Waals surface area (Å²) in [6, 6.07) is 16.5. The minimum absolute atomic E-state index is 0.0344. The predicted octanol–water partition coefficient (Wildman–Crippen LogP) is 4.11. The van der Waals surface area contributed by atoms with Crippen LogP contribution in [0.1, 0.15) is 48.4 Å². The number of fused-ring (bicyclic) bond motifs is 2. The van der Waals surface area contributed by atoms with Crippen molar-refractivity contribution in [3.05, 3.63) is 65.2 Å². The molecule has 4 nitrogen and oxygen atoms in total. The molecule has 0 saturated heterocycles. The van der Waals surface area contributed by atoms with Gasteiger partial charge in [0.1, 0.15) is 0 Å². The van der Waals surface area contributed by atoms with Gasteiger partial charge in [-0.1, -0.05) is 42.5 Å². The van der Waals surface area contributed by atoms with Crippen molar-refractivity contribution in [2.24, 2.45) is 5.92 Å². The molecule has 1 heterocycles. The molecule has 0 fully saturated rings. The van der Waals surface area contributed by atoms with Crippen LogP contribution in [0.25, 0.3) is 0 Å². The smallest absolute Gasteiger partial charge is 0.227 e. The highest BCUT2D eigenvalue weighted by molar-refractivity contribution is 5.96. The Morgan fingerprint density at radius 2 is 1.85 bits per heavy atom. The summed E-state index contributed by atoms with van der Waals surface area (Å²) >= 11 is 0. The molecule has 0 bridgehead atoms. The average molecular weight is 362 g/mol. The van der Waals surface area contributed by atoms with E-state index >= 15 is 0 Å². The second kappa shape index (κ2) is 7.55. The van der Waals surface area contributed by atoms with Crippen LogP contribution in [-0.4, -0.2) is 23.8 Å². The van der Waals surface area contributed by atoms with E-state index in [4.69, 9.17) is 0 Å². The molecule has 140 valence electrons. The molecule has 2 aromatic carbocycles. The van der Waals surface area contributed by atoms with Gasteiger partial charge >= 0.3 is 0 Å². The first kappa shape index (κ1) is 17.8. The molecule has 1 aliphatic carbocycles. The highest BCUT2D eigenvalue weighted by Gasteiger charge is 2.29. The number of carbonyl (C=O) groups excluding carboxylic acids is 2. The van der Waals surface area contributed by atoms with Crippen molar-refractivity contribution in [1.29, 1.82) is 0 Å². The number of aryl methyl sites for hydroxylation is 1. The lowest BCUT2D eigenvalue weighted by atomic mass is 9.86. The third-order valence-electron chi connectivity index (χ3n) is 6.02. The number of hydrogen-bond acceptors (Lipinski definition) is 2. The molecule has 4 rings (SSSR count). The van der Waals surface area contributed by atoms with Crippen molar-refractivity contribution in [1.82, 2.24) is 4.90 Å². The summed E-state index contributed by atoms with van der Waals surface area (Å²) in [5.41, 5.74) is 4.70. The van der Waals surface area contributed by atoms with E-state index in [2.05, 4.69) is 35.6 Å². The second-order valence-electron chi connectivity index (χ2n) is 7.70. The maximum Gasteiger partial charge on any atom is 0.227 e. The summed E-state index contributed by atoms with van der Waals surface area (Å²) in [6.07, 6.45) is 4.94. The van der Waals surface area contributed by atoms with Gasteiger partial charge in [-0.3, -0.25) is 9.59 Å². The average Bonchev–Trinajstić information content (AvgIpc) is 2.71. The highest BCUT2D eigenvalue weighted by atomic mass is 16.2. The first-order chi connectivity index (χ1) is 13.1. The number of nitrogens with zero attached hydrogens (tertiary/aromatic N) is 1. The van der Waals surface area contributed by atoms with E-state index in [1.807, 2.05) is 30.1 Å². The van der Waals surface area contributed by atoms with E-state index in [1.165, 1.54) is 11.1 Å². The van der Waals surface area contributed by atoms with Gasteiger partial charge in [0.15, 0.2) is 0 Å². The lowest BCUT2D eigenvalue weighted by Gasteiger charge is -2.34. The lowest BCUT2D eigenvalue weighted by molar-refractivity contribution is -0.133. The highest BCUT2D eigenvalue weighted by Crippen LogP contribution is 2.34. The molecule has 1 aliphatic heterocycles. The van der Waals surface area contributed by atoms with Gasteiger partial charge in [-0.15, -0.1) is 0 Å². The number of nitrogens with one attached hydrogen (secondary N) is 1. The second-order valence-corrected chi connectivity index (χ2v) is 7.70. The molecule has 4 heteroatoms. The van der Waals surface area contributed by atoms with Crippen LogP contribution in [0, 0.1) is 5.92 Å². The zero-order chi connectivity index (χ0) is 18.8. The molecule has 2 amide bonds. The number of amides is 2. The van der Waals surface area contributed by atoms with Gasteiger partial charge in [-0.05, 0) is 54.9 Å². The molecule has 2 atom stereocenters. The Hall–Kier alpha value is -2.62. The summed E-state index contributed by atoms with van der Waals surface area (Å²) in [5, 5.41) is 2.98. The molecule has 2 aliphatic rings. The number of rotatable bonds is 4.